The van der Waals surface area contributed by atoms with Crippen molar-refractivity contribution in [3.63, 3.8) is 0 Å². The zero-order valence-corrected chi connectivity index (χ0v) is 19.5. The second kappa shape index (κ2) is 9.03. The van der Waals surface area contributed by atoms with Crippen LogP contribution in [0.1, 0.15) is 5.56 Å². The maximum atomic E-state index is 11.8. The van der Waals surface area contributed by atoms with E-state index in [0.717, 1.165) is 16.8 Å². The van der Waals surface area contributed by atoms with E-state index in [1.54, 1.807) is 45.7 Å². The molecule has 4 aromatic rings. The third kappa shape index (κ3) is 4.58. The summed E-state index contributed by atoms with van der Waals surface area (Å²) < 4.78 is 46.1. The Morgan fingerprint density at radius 1 is 0.970 bits per heavy atom. The number of furan rings is 1. The quantitative estimate of drug-likeness (QED) is 0.402. The zero-order chi connectivity index (χ0) is 23.6. The van der Waals surface area contributed by atoms with Gasteiger partial charge in [-0.3, -0.25) is 4.98 Å². The fourth-order valence-electron chi connectivity index (χ4n) is 3.53. The molecule has 0 spiro atoms. The minimum absolute atomic E-state index is 0.282. The molecule has 33 heavy (non-hydrogen) atoms. The SMILES string of the molecule is COc1cc(-c2cc3nccc(NCc4cccc(S(C)(=O)=O)c4)c3o2)cc(OC)c1OC. The van der Waals surface area contributed by atoms with E-state index < -0.39 is 9.84 Å². The largest absolute Gasteiger partial charge is 0.493 e. The van der Waals surface area contributed by atoms with Gasteiger partial charge < -0.3 is 23.9 Å². The highest BCUT2D eigenvalue weighted by Gasteiger charge is 2.18. The van der Waals surface area contributed by atoms with Crippen molar-refractivity contribution >= 4 is 26.6 Å². The average Bonchev–Trinajstić information content (AvgIpc) is 3.26. The first-order valence-electron chi connectivity index (χ1n) is 10.1. The van der Waals surface area contributed by atoms with Crippen molar-refractivity contribution in [3.05, 3.63) is 60.3 Å². The lowest BCUT2D eigenvalue weighted by molar-refractivity contribution is 0.324. The lowest BCUT2D eigenvalue weighted by Crippen LogP contribution is -2.02. The van der Waals surface area contributed by atoms with Crippen LogP contribution in [-0.2, 0) is 16.4 Å². The fourth-order valence-corrected chi connectivity index (χ4v) is 4.22. The standard InChI is InChI=1S/C24H24N2O6S/c1-29-21-11-16(12-22(30-2)24(21)31-3)20-13-19-23(32-20)18(8-9-25-19)26-14-15-6-5-7-17(10-15)33(4,27)28/h5-13H,14H2,1-4H3,(H,25,26). The van der Waals surface area contributed by atoms with E-state index >= 15 is 0 Å². The number of pyridine rings is 1. The van der Waals surface area contributed by atoms with Gasteiger partial charge in [0, 0.05) is 30.6 Å². The Balaban J connectivity index is 1.67. The number of ether oxygens (including phenoxy) is 3. The summed E-state index contributed by atoms with van der Waals surface area (Å²) in [5, 5.41) is 3.31. The Hall–Kier alpha value is -3.72. The average molecular weight is 469 g/mol. The molecule has 0 aliphatic rings. The third-order valence-corrected chi connectivity index (χ3v) is 6.28. The second-order valence-electron chi connectivity index (χ2n) is 7.37. The van der Waals surface area contributed by atoms with Crippen LogP contribution in [-0.4, -0.2) is 41.0 Å². The molecule has 0 atom stereocenters. The van der Waals surface area contributed by atoms with E-state index in [1.165, 1.54) is 6.26 Å². The van der Waals surface area contributed by atoms with Crippen LogP contribution >= 0.6 is 0 Å². The lowest BCUT2D eigenvalue weighted by atomic mass is 10.1. The van der Waals surface area contributed by atoms with Gasteiger partial charge in [-0.25, -0.2) is 8.42 Å². The monoisotopic (exact) mass is 468 g/mol. The minimum atomic E-state index is -3.27. The first-order valence-corrected chi connectivity index (χ1v) is 11.9. The predicted octanol–water partition coefficient (Wildman–Crippen LogP) is 4.54. The van der Waals surface area contributed by atoms with Crippen molar-refractivity contribution in [1.82, 2.24) is 4.98 Å². The predicted molar refractivity (Wildman–Crippen MR) is 126 cm³/mol. The van der Waals surface area contributed by atoms with E-state index in [4.69, 9.17) is 18.6 Å². The molecule has 172 valence electrons. The Kier molecular flexibility index (Phi) is 6.15. The molecule has 4 rings (SSSR count). The number of nitrogens with one attached hydrogen (secondary N) is 1. The molecule has 0 fully saturated rings. The third-order valence-electron chi connectivity index (χ3n) is 5.17. The molecule has 0 amide bonds. The number of hydrogen-bond donors (Lipinski definition) is 1. The Morgan fingerprint density at radius 2 is 1.70 bits per heavy atom. The highest BCUT2D eigenvalue weighted by molar-refractivity contribution is 7.90. The van der Waals surface area contributed by atoms with Crippen molar-refractivity contribution in [2.24, 2.45) is 0 Å². The van der Waals surface area contributed by atoms with E-state index in [-0.39, 0.29) is 4.90 Å². The first kappa shape index (κ1) is 22.5. The normalized spacial score (nSPS) is 11.4. The zero-order valence-electron chi connectivity index (χ0n) is 18.7. The lowest BCUT2D eigenvalue weighted by Gasteiger charge is -2.13. The van der Waals surface area contributed by atoms with E-state index in [1.807, 2.05) is 30.3 Å². The summed E-state index contributed by atoms with van der Waals surface area (Å²) >= 11 is 0. The molecule has 0 unspecified atom stereocenters. The fraction of sp³-hybridized carbons (Fsp3) is 0.208. The van der Waals surface area contributed by atoms with Gasteiger partial charge in [-0.1, -0.05) is 12.1 Å². The summed E-state index contributed by atoms with van der Waals surface area (Å²) in [6.45, 7) is 0.419. The summed E-state index contributed by atoms with van der Waals surface area (Å²) in [5.74, 6) is 2.12. The number of rotatable bonds is 8. The molecular weight excluding hydrogens is 444 g/mol. The highest BCUT2D eigenvalue weighted by atomic mass is 32.2. The molecule has 0 aliphatic carbocycles. The summed E-state index contributed by atoms with van der Waals surface area (Å²) in [6, 6.07) is 14.1. The molecule has 1 N–H and O–H groups in total. The van der Waals surface area contributed by atoms with Crippen LogP contribution in [0.2, 0.25) is 0 Å². The van der Waals surface area contributed by atoms with Gasteiger partial charge in [0.05, 0.1) is 31.9 Å². The van der Waals surface area contributed by atoms with E-state index in [2.05, 4.69) is 10.3 Å². The van der Waals surface area contributed by atoms with Gasteiger partial charge in [0.15, 0.2) is 26.9 Å². The van der Waals surface area contributed by atoms with Crippen LogP contribution in [0.5, 0.6) is 17.2 Å². The van der Waals surface area contributed by atoms with E-state index in [9.17, 15) is 8.42 Å². The minimum Gasteiger partial charge on any atom is -0.493 e. The molecule has 0 saturated heterocycles. The highest BCUT2D eigenvalue weighted by Crippen LogP contribution is 2.42. The van der Waals surface area contributed by atoms with Crippen LogP contribution in [0.4, 0.5) is 5.69 Å². The Labute approximate surface area is 192 Å². The van der Waals surface area contributed by atoms with Crippen molar-refractivity contribution < 1.29 is 27.0 Å². The molecule has 0 radical (unpaired) electrons. The molecule has 2 aromatic carbocycles. The number of fused-ring (bicyclic) bond motifs is 1. The molecule has 0 saturated carbocycles. The number of hydrogen-bond acceptors (Lipinski definition) is 8. The van der Waals surface area contributed by atoms with Crippen LogP contribution in [0.25, 0.3) is 22.4 Å². The molecule has 2 heterocycles. The second-order valence-corrected chi connectivity index (χ2v) is 9.39. The van der Waals surface area contributed by atoms with Gasteiger partial charge in [-0.2, -0.15) is 0 Å². The van der Waals surface area contributed by atoms with Crippen molar-refractivity contribution in [2.45, 2.75) is 11.4 Å². The van der Waals surface area contributed by atoms with Crippen molar-refractivity contribution in [1.29, 1.82) is 0 Å². The van der Waals surface area contributed by atoms with Gasteiger partial charge in [-0.05, 0) is 35.9 Å². The summed E-state index contributed by atoms with van der Waals surface area (Å²) in [4.78, 5) is 4.69. The van der Waals surface area contributed by atoms with Gasteiger partial charge in [0.2, 0.25) is 5.75 Å². The smallest absolute Gasteiger partial charge is 0.203 e. The number of aromatic nitrogens is 1. The van der Waals surface area contributed by atoms with Crippen LogP contribution < -0.4 is 19.5 Å². The molecule has 0 aliphatic heterocycles. The first-order chi connectivity index (χ1) is 15.8. The maximum Gasteiger partial charge on any atom is 0.203 e. The molecule has 2 aromatic heterocycles. The van der Waals surface area contributed by atoms with Gasteiger partial charge in [0.1, 0.15) is 11.3 Å². The van der Waals surface area contributed by atoms with Crippen LogP contribution in [0.3, 0.4) is 0 Å². The van der Waals surface area contributed by atoms with Crippen LogP contribution in [0, 0.1) is 0 Å². The Morgan fingerprint density at radius 3 is 2.33 bits per heavy atom. The number of nitrogens with zero attached hydrogens (tertiary/aromatic N) is 1. The van der Waals surface area contributed by atoms with Gasteiger partial charge >= 0.3 is 0 Å². The summed E-state index contributed by atoms with van der Waals surface area (Å²) in [7, 11) is 1.39. The molecular formula is C24H24N2O6S. The number of methoxy groups -OCH3 is 3. The van der Waals surface area contributed by atoms with E-state index in [0.29, 0.717) is 40.7 Å². The van der Waals surface area contributed by atoms with Gasteiger partial charge in [0.25, 0.3) is 0 Å². The summed E-state index contributed by atoms with van der Waals surface area (Å²) in [5.41, 5.74) is 3.58. The van der Waals surface area contributed by atoms with Crippen molar-refractivity contribution in [2.75, 3.05) is 32.9 Å². The maximum absolute atomic E-state index is 11.8. The van der Waals surface area contributed by atoms with Crippen LogP contribution in [0.15, 0.2) is 64.0 Å². The van der Waals surface area contributed by atoms with Crippen molar-refractivity contribution in [3.8, 4) is 28.6 Å². The number of benzene rings is 2. The molecule has 0 bridgehead atoms. The number of anilines is 1. The number of sulfone groups is 1. The molecule has 8 nitrogen and oxygen atoms in total. The Bertz CT molecular complexity index is 1390. The topological polar surface area (TPSA) is 99.9 Å². The summed E-state index contributed by atoms with van der Waals surface area (Å²) in [6.07, 6.45) is 2.88. The molecule has 9 heteroatoms. The van der Waals surface area contributed by atoms with Gasteiger partial charge in [-0.15, -0.1) is 0 Å².